The summed E-state index contributed by atoms with van der Waals surface area (Å²) in [5.41, 5.74) is 18.3. The van der Waals surface area contributed by atoms with E-state index < -0.39 is 5.41 Å². The van der Waals surface area contributed by atoms with Crippen molar-refractivity contribution in [1.29, 1.82) is 0 Å². The summed E-state index contributed by atoms with van der Waals surface area (Å²) in [5, 5.41) is 2.23. The SMILES string of the molecule is c1ccc(N(c2ccc(-c3cccc4c3-c3ccccc3C43c4ccccc4N(c4ccccc4)c4ccccc43)cc2)c2ccc3oc4ccccc4c3c2)cc1. The van der Waals surface area contributed by atoms with Gasteiger partial charge < -0.3 is 14.2 Å². The fraction of sp³-hybridized carbons (Fsp3) is 0.0182. The molecule has 1 aliphatic carbocycles. The molecular formula is C55H36N2O. The third-order valence-corrected chi connectivity index (χ3v) is 12.3. The number of benzene rings is 9. The van der Waals surface area contributed by atoms with E-state index in [4.69, 9.17) is 4.42 Å². The van der Waals surface area contributed by atoms with Gasteiger partial charge in [-0.3, -0.25) is 0 Å². The fourth-order valence-corrected chi connectivity index (χ4v) is 9.92. The maximum Gasteiger partial charge on any atom is 0.135 e. The van der Waals surface area contributed by atoms with E-state index in [1.165, 1.54) is 55.9 Å². The van der Waals surface area contributed by atoms with Crippen molar-refractivity contribution < 1.29 is 4.42 Å². The average Bonchev–Trinajstić information content (AvgIpc) is 3.81. The highest BCUT2D eigenvalue weighted by molar-refractivity contribution is 6.07. The maximum absolute atomic E-state index is 6.21. The zero-order chi connectivity index (χ0) is 38.2. The van der Waals surface area contributed by atoms with Crippen molar-refractivity contribution in [3.63, 3.8) is 0 Å². The Labute approximate surface area is 337 Å². The van der Waals surface area contributed by atoms with Crippen LogP contribution in [0.15, 0.2) is 223 Å². The predicted octanol–water partition coefficient (Wildman–Crippen LogP) is 14.9. The molecule has 9 aromatic carbocycles. The normalized spacial score (nSPS) is 13.3. The second-order valence-electron chi connectivity index (χ2n) is 15.2. The van der Waals surface area contributed by atoms with Gasteiger partial charge in [0.15, 0.2) is 0 Å². The van der Waals surface area contributed by atoms with Gasteiger partial charge in [0.05, 0.1) is 16.8 Å². The number of fused-ring (bicyclic) bond motifs is 12. The zero-order valence-electron chi connectivity index (χ0n) is 31.6. The highest BCUT2D eigenvalue weighted by atomic mass is 16.3. The lowest BCUT2D eigenvalue weighted by Crippen LogP contribution is -2.36. The number of nitrogens with zero attached hydrogens (tertiary/aromatic N) is 2. The van der Waals surface area contributed by atoms with Crippen LogP contribution >= 0.6 is 0 Å². The summed E-state index contributed by atoms with van der Waals surface area (Å²) in [5.74, 6) is 0. The molecule has 0 fully saturated rings. The Morgan fingerprint density at radius 1 is 0.379 bits per heavy atom. The molecule has 58 heavy (non-hydrogen) atoms. The summed E-state index contributed by atoms with van der Waals surface area (Å²) in [7, 11) is 0. The maximum atomic E-state index is 6.21. The second kappa shape index (κ2) is 12.7. The van der Waals surface area contributed by atoms with Crippen molar-refractivity contribution in [3.8, 4) is 22.3 Å². The molecular weight excluding hydrogens is 705 g/mol. The van der Waals surface area contributed by atoms with Gasteiger partial charge in [-0.2, -0.15) is 0 Å². The largest absolute Gasteiger partial charge is 0.456 e. The van der Waals surface area contributed by atoms with Crippen molar-refractivity contribution in [2.45, 2.75) is 5.41 Å². The minimum absolute atomic E-state index is 0.500. The third kappa shape index (κ3) is 4.62. The first-order valence-corrected chi connectivity index (χ1v) is 19.9. The van der Waals surface area contributed by atoms with Gasteiger partial charge in [-0.05, 0) is 117 Å². The average molecular weight is 741 g/mol. The highest BCUT2D eigenvalue weighted by Crippen LogP contribution is 2.64. The molecule has 3 nitrogen and oxygen atoms in total. The molecule has 3 heteroatoms. The number of rotatable bonds is 5. The van der Waals surface area contributed by atoms with Crippen LogP contribution in [0.1, 0.15) is 22.3 Å². The molecule has 10 aromatic rings. The van der Waals surface area contributed by atoms with Crippen LogP contribution < -0.4 is 9.80 Å². The van der Waals surface area contributed by atoms with E-state index in [0.29, 0.717) is 0 Å². The fourth-order valence-electron chi connectivity index (χ4n) is 9.92. The van der Waals surface area contributed by atoms with Crippen LogP contribution in [0.4, 0.5) is 34.1 Å². The summed E-state index contributed by atoms with van der Waals surface area (Å²) >= 11 is 0. The van der Waals surface area contributed by atoms with E-state index >= 15 is 0 Å². The first-order chi connectivity index (χ1) is 28.8. The molecule has 0 atom stereocenters. The summed E-state index contributed by atoms with van der Waals surface area (Å²) < 4.78 is 6.21. The second-order valence-corrected chi connectivity index (χ2v) is 15.2. The summed E-state index contributed by atoms with van der Waals surface area (Å²) in [4.78, 5) is 4.77. The monoisotopic (exact) mass is 740 g/mol. The number of hydrogen-bond acceptors (Lipinski definition) is 3. The van der Waals surface area contributed by atoms with Crippen LogP contribution in [0.25, 0.3) is 44.2 Å². The van der Waals surface area contributed by atoms with Gasteiger partial charge in [-0.15, -0.1) is 0 Å². The van der Waals surface area contributed by atoms with E-state index in [-0.39, 0.29) is 0 Å². The van der Waals surface area contributed by atoms with Gasteiger partial charge in [0, 0.05) is 33.5 Å². The van der Waals surface area contributed by atoms with Crippen LogP contribution in [-0.2, 0) is 5.41 Å². The molecule has 0 N–H and O–H groups in total. The Kier molecular flexibility index (Phi) is 7.14. The Bertz CT molecular complexity index is 3140. The lowest BCUT2D eigenvalue weighted by molar-refractivity contribution is 0.669. The van der Waals surface area contributed by atoms with E-state index in [1.54, 1.807) is 0 Å². The third-order valence-electron chi connectivity index (χ3n) is 12.3. The standard InChI is InChI=1S/C55H36N2O/c1-3-16-38(17-4-1)56(41-34-35-53-45(36-41)43-20-8-14-29-52(43)58-53)40-32-30-37(31-33-40)42-22-15-26-49-54(42)44-21-7-9-23-46(44)55(49)47-24-10-12-27-50(47)57(39-18-5-2-6-19-39)51-28-13-11-25-48(51)55/h1-36H. The van der Waals surface area contributed by atoms with Crippen molar-refractivity contribution >= 4 is 56.1 Å². The van der Waals surface area contributed by atoms with Crippen molar-refractivity contribution in [1.82, 2.24) is 0 Å². The van der Waals surface area contributed by atoms with Gasteiger partial charge >= 0.3 is 0 Å². The summed E-state index contributed by atoms with van der Waals surface area (Å²) in [6.45, 7) is 0. The van der Waals surface area contributed by atoms with E-state index in [2.05, 4.69) is 216 Å². The van der Waals surface area contributed by atoms with Gasteiger partial charge in [-0.25, -0.2) is 0 Å². The highest BCUT2D eigenvalue weighted by Gasteiger charge is 2.52. The Morgan fingerprint density at radius 2 is 0.931 bits per heavy atom. The smallest absolute Gasteiger partial charge is 0.135 e. The molecule has 0 saturated heterocycles. The molecule has 2 heterocycles. The summed E-state index contributed by atoms with van der Waals surface area (Å²) in [6, 6.07) is 79.2. The van der Waals surface area contributed by atoms with E-state index in [0.717, 1.165) is 44.7 Å². The van der Waals surface area contributed by atoms with Crippen molar-refractivity contribution in [2.75, 3.05) is 9.80 Å². The van der Waals surface area contributed by atoms with Crippen molar-refractivity contribution in [2.24, 2.45) is 0 Å². The van der Waals surface area contributed by atoms with Crippen LogP contribution in [0.5, 0.6) is 0 Å². The molecule has 0 unspecified atom stereocenters. The van der Waals surface area contributed by atoms with Gasteiger partial charge in [0.1, 0.15) is 11.2 Å². The molecule has 2 aliphatic rings. The molecule has 0 bridgehead atoms. The molecule has 272 valence electrons. The predicted molar refractivity (Wildman–Crippen MR) is 239 cm³/mol. The van der Waals surface area contributed by atoms with E-state index in [1.807, 2.05) is 12.1 Å². The molecule has 1 spiro atoms. The lowest BCUT2D eigenvalue weighted by atomic mass is 9.64. The van der Waals surface area contributed by atoms with E-state index in [9.17, 15) is 0 Å². The van der Waals surface area contributed by atoms with Gasteiger partial charge in [0.25, 0.3) is 0 Å². The Morgan fingerprint density at radius 3 is 1.69 bits per heavy atom. The van der Waals surface area contributed by atoms with Crippen LogP contribution in [0.3, 0.4) is 0 Å². The number of hydrogen-bond donors (Lipinski definition) is 0. The number of para-hydroxylation sites is 5. The molecule has 12 rings (SSSR count). The lowest BCUT2D eigenvalue weighted by Gasteiger charge is -2.45. The summed E-state index contributed by atoms with van der Waals surface area (Å²) in [6.07, 6.45) is 0. The minimum Gasteiger partial charge on any atom is -0.456 e. The van der Waals surface area contributed by atoms with Crippen molar-refractivity contribution in [3.05, 3.63) is 241 Å². The first kappa shape index (κ1) is 32.6. The quantitative estimate of drug-likeness (QED) is 0.175. The zero-order valence-corrected chi connectivity index (χ0v) is 31.6. The van der Waals surface area contributed by atoms with Gasteiger partial charge in [-0.1, -0.05) is 146 Å². The molecule has 0 radical (unpaired) electrons. The number of furan rings is 1. The minimum atomic E-state index is -0.500. The molecule has 1 aliphatic heterocycles. The Balaban J connectivity index is 1.03. The van der Waals surface area contributed by atoms with Crippen LogP contribution in [-0.4, -0.2) is 0 Å². The Hall–Kier alpha value is -7.62. The van der Waals surface area contributed by atoms with Crippen LogP contribution in [0.2, 0.25) is 0 Å². The molecule has 1 aromatic heterocycles. The topological polar surface area (TPSA) is 19.6 Å². The first-order valence-electron chi connectivity index (χ1n) is 19.9. The number of anilines is 6. The molecule has 0 amide bonds. The van der Waals surface area contributed by atoms with Crippen LogP contribution in [0, 0.1) is 0 Å². The molecule has 0 saturated carbocycles. The van der Waals surface area contributed by atoms with Gasteiger partial charge in [0.2, 0.25) is 0 Å².